The zero-order valence-electron chi connectivity index (χ0n) is 15.1. The molecule has 0 N–H and O–H groups in total. The number of hydrogen-bond donors (Lipinski definition) is 0. The molecule has 0 saturated heterocycles. The smallest absolute Gasteiger partial charge is 0.272 e. The maximum Gasteiger partial charge on any atom is 0.272 e. The highest BCUT2D eigenvalue weighted by Crippen LogP contribution is 2.36. The molecule has 152 valence electrons. The molecule has 2 aromatic carbocycles. The van der Waals surface area contributed by atoms with E-state index in [1.165, 1.54) is 30.2 Å². The molecular formula is C20H15BrF4N2O2. The molecule has 0 aliphatic carbocycles. The van der Waals surface area contributed by atoms with Crippen molar-refractivity contribution in [3.05, 3.63) is 88.4 Å². The normalized spacial score (nSPS) is 17.0. The van der Waals surface area contributed by atoms with Gasteiger partial charge in [-0.15, -0.1) is 0 Å². The van der Waals surface area contributed by atoms with Crippen molar-refractivity contribution in [3.8, 4) is 0 Å². The van der Waals surface area contributed by atoms with Crippen LogP contribution in [0.3, 0.4) is 0 Å². The van der Waals surface area contributed by atoms with E-state index in [4.69, 9.17) is 4.74 Å². The molecule has 1 heterocycles. The SMILES string of the molecule is C=CN1C(OCc2ccc(F)cc2F)=C(Br)C(=O)N(c2c(F)cccc2F)C1C. The number of carbonyl (C=O) groups is 1. The topological polar surface area (TPSA) is 32.8 Å². The summed E-state index contributed by atoms with van der Waals surface area (Å²) in [7, 11) is 0. The van der Waals surface area contributed by atoms with Crippen LogP contribution in [0, 0.1) is 23.3 Å². The molecule has 3 rings (SSSR count). The first-order valence-corrected chi connectivity index (χ1v) is 9.20. The Morgan fingerprint density at radius 2 is 1.79 bits per heavy atom. The summed E-state index contributed by atoms with van der Waals surface area (Å²) in [5.74, 6) is -4.14. The van der Waals surface area contributed by atoms with E-state index < -0.39 is 41.0 Å². The van der Waals surface area contributed by atoms with E-state index in [1.54, 1.807) is 0 Å². The number of carbonyl (C=O) groups excluding carboxylic acids is 1. The minimum atomic E-state index is -0.910. The number of nitrogens with zero attached hydrogens (tertiary/aromatic N) is 2. The Balaban J connectivity index is 1.97. The number of amides is 1. The van der Waals surface area contributed by atoms with Crippen LogP contribution in [0.4, 0.5) is 23.2 Å². The summed E-state index contributed by atoms with van der Waals surface area (Å²) in [6.07, 6.45) is 0.404. The Morgan fingerprint density at radius 3 is 2.38 bits per heavy atom. The van der Waals surface area contributed by atoms with E-state index in [9.17, 15) is 22.4 Å². The van der Waals surface area contributed by atoms with Gasteiger partial charge in [0, 0.05) is 17.8 Å². The first-order chi connectivity index (χ1) is 13.8. The van der Waals surface area contributed by atoms with Gasteiger partial charge in [-0.2, -0.15) is 0 Å². The van der Waals surface area contributed by atoms with E-state index in [0.717, 1.165) is 23.1 Å². The van der Waals surface area contributed by atoms with Crippen molar-refractivity contribution in [2.45, 2.75) is 19.7 Å². The Morgan fingerprint density at radius 1 is 1.14 bits per heavy atom. The third-order valence-electron chi connectivity index (χ3n) is 4.36. The minimum absolute atomic E-state index is 0.0192. The van der Waals surface area contributed by atoms with Crippen LogP contribution in [-0.4, -0.2) is 17.0 Å². The molecule has 4 nitrogen and oxygen atoms in total. The van der Waals surface area contributed by atoms with Crippen molar-refractivity contribution in [2.24, 2.45) is 0 Å². The van der Waals surface area contributed by atoms with E-state index in [0.29, 0.717) is 6.07 Å². The van der Waals surface area contributed by atoms with Gasteiger partial charge in [0.1, 0.15) is 46.2 Å². The zero-order chi connectivity index (χ0) is 21.3. The van der Waals surface area contributed by atoms with Gasteiger partial charge < -0.3 is 4.74 Å². The molecule has 0 radical (unpaired) electrons. The van der Waals surface area contributed by atoms with Gasteiger partial charge in [-0.05, 0) is 47.1 Å². The molecule has 0 aromatic heterocycles. The number of hydrogen-bond acceptors (Lipinski definition) is 3. The standard InChI is InChI=1S/C20H15BrF4N2O2/c1-3-26-11(2)27(18-14(23)5-4-6-15(18)24)19(28)17(21)20(26)29-10-12-7-8-13(22)9-16(12)25/h3-9,11H,1,10H2,2H3. The van der Waals surface area contributed by atoms with Crippen LogP contribution in [-0.2, 0) is 16.1 Å². The van der Waals surface area contributed by atoms with Crippen molar-refractivity contribution in [1.82, 2.24) is 4.90 Å². The molecule has 1 aliphatic heterocycles. The first-order valence-electron chi connectivity index (χ1n) is 8.41. The Hall–Kier alpha value is -2.81. The van der Waals surface area contributed by atoms with Gasteiger partial charge in [-0.1, -0.05) is 12.6 Å². The molecular weight excluding hydrogens is 456 g/mol. The predicted octanol–water partition coefficient (Wildman–Crippen LogP) is 5.16. The van der Waals surface area contributed by atoms with Gasteiger partial charge in [0.05, 0.1) is 0 Å². The number of ether oxygens (including phenoxy) is 1. The highest BCUT2D eigenvalue weighted by atomic mass is 79.9. The van der Waals surface area contributed by atoms with Crippen molar-refractivity contribution in [3.63, 3.8) is 0 Å². The molecule has 1 unspecified atom stereocenters. The molecule has 1 amide bonds. The molecule has 2 aromatic rings. The van der Waals surface area contributed by atoms with Crippen molar-refractivity contribution < 1.29 is 27.1 Å². The van der Waals surface area contributed by atoms with Crippen LogP contribution in [0.2, 0.25) is 0 Å². The lowest BCUT2D eigenvalue weighted by Crippen LogP contribution is -2.52. The van der Waals surface area contributed by atoms with Crippen LogP contribution in [0.15, 0.2) is 59.5 Å². The van der Waals surface area contributed by atoms with Crippen LogP contribution in [0.5, 0.6) is 0 Å². The van der Waals surface area contributed by atoms with E-state index in [1.807, 2.05) is 0 Å². The van der Waals surface area contributed by atoms with Gasteiger partial charge in [0.15, 0.2) is 0 Å². The largest absolute Gasteiger partial charge is 0.473 e. The summed E-state index contributed by atoms with van der Waals surface area (Å²) in [6.45, 7) is 4.85. The molecule has 0 saturated carbocycles. The highest BCUT2D eigenvalue weighted by Gasteiger charge is 2.39. The second kappa shape index (κ2) is 8.28. The Labute approximate surface area is 172 Å². The second-order valence-corrected chi connectivity index (χ2v) is 6.90. The average Bonchev–Trinajstić information content (AvgIpc) is 2.67. The van der Waals surface area contributed by atoms with Gasteiger partial charge in [0.2, 0.25) is 5.88 Å². The van der Waals surface area contributed by atoms with Gasteiger partial charge in [-0.3, -0.25) is 14.6 Å². The minimum Gasteiger partial charge on any atom is -0.473 e. The highest BCUT2D eigenvalue weighted by molar-refractivity contribution is 9.12. The van der Waals surface area contributed by atoms with Crippen LogP contribution in [0.1, 0.15) is 12.5 Å². The molecule has 1 aliphatic rings. The molecule has 9 heteroatoms. The molecule has 1 atom stereocenters. The van der Waals surface area contributed by atoms with Crippen LogP contribution in [0.25, 0.3) is 0 Å². The number of rotatable bonds is 5. The van der Waals surface area contributed by atoms with Crippen LogP contribution >= 0.6 is 15.9 Å². The lowest BCUT2D eigenvalue weighted by atomic mass is 10.2. The van der Waals surface area contributed by atoms with Crippen molar-refractivity contribution in [2.75, 3.05) is 4.90 Å². The summed E-state index contributed by atoms with van der Waals surface area (Å²) in [5.41, 5.74) is -0.455. The van der Waals surface area contributed by atoms with Gasteiger partial charge in [-0.25, -0.2) is 17.6 Å². The monoisotopic (exact) mass is 470 g/mol. The van der Waals surface area contributed by atoms with Crippen molar-refractivity contribution in [1.29, 1.82) is 0 Å². The second-order valence-electron chi connectivity index (χ2n) is 6.11. The fraction of sp³-hybridized carbons (Fsp3) is 0.150. The predicted molar refractivity (Wildman–Crippen MR) is 102 cm³/mol. The third-order valence-corrected chi connectivity index (χ3v) is 5.04. The third kappa shape index (κ3) is 3.87. The summed E-state index contributed by atoms with van der Waals surface area (Å²) >= 11 is 3.09. The van der Waals surface area contributed by atoms with E-state index in [-0.39, 0.29) is 22.5 Å². The molecule has 0 fully saturated rings. The lowest BCUT2D eigenvalue weighted by Gasteiger charge is -2.41. The number of anilines is 1. The summed E-state index contributed by atoms with van der Waals surface area (Å²) in [4.78, 5) is 15.1. The Bertz CT molecular complexity index is 992. The summed E-state index contributed by atoms with van der Waals surface area (Å²) in [5, 5.41) is 0. The van der Waals surface area contributed by atoms with Gasteiger partial charge in [0.25, 0.3) is 5.91 Å². The molecule has 0 spiro atoms. The van der Waals surface area contributed by atoms with Crippen molar-refractivity contribution >= 4 is 27.5 Å². The quantitative estimate of drug-likeness (QED) is 0.565. The number of halogens is 5. The fourth-order valence-electron chi connectivity index (χ4n) is 2.94. The van der Waals surface area contributed by atoms with Gasteiger partial charge >= 0.3 is 0 Å². The van der Waals surface area contributed by atoms with E-state index in [2.05, 4.69) is 22.5 Å². The maximum atomic E-state index is 14.3. The first kappa shape index (κ1) is 20.9. The maximum absolute atomic E-state index is 14.3. The summed E-state index contributed by atoms with van der Waals surface area (Å²) < 4.78 is 60.9. The lowest BCUT2D eigenvalue weighted by molar-refractivity contribution is -0.117. The fourth-order valence-corrected chi connectivity index (χ4v) is 3.45. The zero-order valence-corrected chi connectivity index (χ0v) is 16.7. The van der Waals surface area contributed by atoms with Crippen LogP contribution < -0.4 is 4.90 Å². The molecule has 0 bridgehead atoms. The number of para-hydroxylation sites is 1. The summed E-state index contributed by atoms with van der Waals surface area (Å²) in [6, 6.07) is 6.27. The Kier molecular flexibility index (Phi) is 5.97. The molecule has 29 heavy (non-hydrogen) atoms. The number of benzene rings is 2. The average molecular weight is 471 g/mol. The van der Waals surface area contributed by atoms with E-state index >= 15 is 0 Å².